The van der Waals surface area contributed by atoms with Gasteiger partial charge in [-0.2, -0.15) is 0 Å². The summed E-state index contributed by atoms with van der Waals surface area (Å²) in [6, 6.07) is 3.47. The van der Waals surface area contributed by atoms with E-state index in [1.54, 1.807) is 12.1 Å². The Bertz CT molecular complexity index is 367. The molecule has 3 N–H and O–H groups in total. The van der Waals surface area contributed by atoms with E-state index >= 15 is 0 Å². The van der Waals surface area contributed by atoms with Crippen LogP contribution in [-0.2, 0) is 6.54 Å². The Hall–Kier alpha value is -0.780. The average molecular weight is 304 g/mol. The third-order valence-corrected chi connectivity index (χ3v) is 3.38. The zero-order valence-corrected chi connectivity index (χ0v) is 11.6. The highest BCUT2D eigenvalue weighted by molar-refractivity contribution is 9.10. The first-order chi connectivity index (χ1) is 8.12. The lowest BCUT2D eigenvalue weighted by Gasteiger charge is -2.15. The van der Waals surface area contributed by atoms with Crippen LogP contribution in [0.15, 0.2) is 16.6 Å². The van der Waals surface area contributed by atoms with Crippen molar-refractivity contribution >= 4 is 15.9 Å². The minimum absolute atomic E-state index is 0.0849. The maximum atomic E-state index is 9.57. The first kappa shape index (κ1) is 14.3. The van der Waals surface area contributed by atoms with Crippen molar-refractivity contribution in [2.75, 3.05) is 13.7 Å². The number of aromatic hydroxyl groups is 1. The smallest absolute Gasteiger partial charge is 0.160 e. The number of benzene rings is 1. The molecule has 0 heterocycles. The number of phenols is 1. The topological polar surface area (TPSA) is 61.7 Å². The molecule has 0 aromatic heterocycles. The molecule has 0 aliphatic rings. The number of hydrogen-bond donors (Lipinski definition) is 3. The molecular formula is C12H18BrNO3. The number of hydrogen-bond acceptors (Lipinski definition) is 4. The predicted octanol–water partition coefficient (Wildman–Crippen LogP) is 2.02. The Morgan fingerprint density at radius 1 is 1.47 bits per heavy atom. The molecule has 1 atom stereocenters. The van der Waals surface area contributed by atoms with Crippen molar-refractivity contribution in [3.05, 3.63) is 22.2 Å². The SMILES string of the molecule is CCC(CO)NCc1cc(OC)c(O)cc1Br. The minimum atomic E-state index is 0.0849. The Morgan fingerprint density at radius 2 is 2.18 bits per heavy atom. The summed E-state index contributed by atoms with van der Waals surface area (Å²) in [5, 5.41) is 21.9. The molecule has 1 aromatic carbocycles. The highest BCUT2D eigenvalue weighted by Gasteiger charge is 2.10. The summed E-state index contributed by atoms with van der Waals surface area (Å²) >= 11 is 3.39. The fourth-order valence-electron chi connectivity index (χ4n) is 1.48. The van der Waals surface area contributed by atoms with Gasteiger partial charge in [-0.15, -0.1) is 0 Å². The van der Waals surface area contributed by atoms with Crippen LogP contribution in [-0.4, -0.2) is 30.0 Å². The molecule has 17 heavy (non-hydrogen) atoms. The van der Waals surface area contributed by atoms with Crippen LogP contribution in [0.2, 0.25) is 0 Å². The summed E-state index contributed by atoms with van der Waals surface area (Å²) in [5.41, 5.74) is 0.978. The van der Waals surface area contributed by atoms with Gasteiger partial charge in [-0.1, -0.05) is 22.9 Å². The van der Waals surface area contributed by atoms with Crippen molar-refractivity contribution in [3.8, 4) is 11.5 Å². The van der Waals surface area contributed by atoms with Gasteiger partial charge in [-0.05, 0) is 24.1 Å². The van der Waals surface area contributed by atoms with Crippen LogP contribution in [0.25, 0.3) is 0 Å². The molecule has 1 aromatic rings. The Balaban J connectivity index is 2.76. The highest BCUT2D eigenvalue weighted by Crippen LogP contribution is 2.32. The number of aliphatic hydroxyl groups excluding tert-OH is 1. The third kappa shape index (κ3) is 3.87. The molecule has 1 unspecified atom stereocenters. The fraction of sp³-hybridized carbons (Fsp3) is 0.500. The molecule has 4 nitrogen and oxygen atoms in total. The summed E-state index contributed by atoms with van der Waals surface area (Å²) in [7, 11) is 1.52. The van der Waals surface area contributed by atoms with Crippen molar-refractivity contribution in [3.63, 3.8) is 0 Å². The second-order valence-electron chi connectivity index (χ2n) is 3.78. The zero-order chi connectivity index (χ0) is 12.8. The van der Waals surface area contributed by atoms with Crippen LogP contribution in [0.1, 0.15) is 18.9 Å². The number of aliphatic hydroxyl groups is 1. The number of halogens is 1. The Kier molecular flexibility index (Phi) is 5.74. The van der Waals surface area contributed by atoms with E-state index < -0.39 is 0 Å². The van der Waals surface area contributed by atoms with E-state index in [2.05, 4.69) is 21.2 Å². The summed E-state index contributed by atoms with van der Waals surface area (Å²) in [5.74, 6) is 0.555. The molecule has 0 saturated carbocycles. The standard InChI is InChI=1S/C12H18BrNO3/c1-3-9(7-15)14-6-8-4-12(17-2)11(16)5-10(8)13/h4-5,9,14-16H,3,6-7H2,1-2H3. The zero-order valence-electron chi connectivity index (χ0n) is 10.0. The van der Waals surface area contributed by atoms with E-state index in [-0.39, 0.29) is 18.4 Å². The maximum absolute atomic E-state index is 9.57. The first-order valence-electron chi connectivity index (χ1n) is 5.52. The molecule has 0 bridgehead atoms. The second-order valence-corrected chi connectivity index (χ2v) is 4.64. The van der Waals surface area contributed by atoms with Gasteiger partial charge in [0.05, 0.1) is 13.7 Å². The van der Waals surface area contributed by atoms with Crippen molar-refractivity contribution in [1.82, 2.24) is 5.32 Å². The second kappa shape index (κ2) is 6.83. The van der Waals surface area contributed by atoms with Gasteiger partial charge in [0, 0.05) is 17.1 Å². The van der Waals surface area contributed by atoms with Crippen LogP contribution in [0, 0.1) is 0 Å². The average Bonchev–Trinajstić information content (AvgIpc) is 2.32. The monoisotopic (exact) mass is 303 g/mol. The highest BCUT2D eigenvalue weighted by atomic mass is 79.9. The van der Waals surface area contributed by atoms with Gasteiger partial charge in [0.1, 0.15) is 0 Å². The van der Waals surface area contributed by atoms with Crippen molar-refractivity contribution in [2.24, 2.45) is 0 Å². The summed E-state index contributed by atoms with van der Waals surface area (Å²) in [6.07, 6.45) is 0.864. The minimum Gasteiger partial charge on any atom is -0.504 e. The van der Waals surface area contributed by atoms with Gasteiger partial charge in [0.25, 0.3) is 0 Å². The number of ether oxygens (including phenoxy) is 1. The summed E-state index contributed by atoms with van der Waals surface area (Å²) in [6.45, 7) is 2.74. The van der Waals surface area contributed by atoms with E-state index in [4.69, 9.17) is 9.84 Å². The van der Waals surface area contributed by atoms with E-state index in [9.17, 15) is 5.11 Å². The van der Waals surface area contributed by atoms with Crippen molar-refractivity contribution in [1.29, 1.82) is 0 Å². The van der Waals surface area contributed by atoms with E-state index in [0.717, 1.165) is 16.5 Å². The van der Waals surface area contributed by atoms with Crippen molar-refractivity contribution in [2.45, 2.75) is 25.9 Å². The predicted molar refractivity (Wildman–Crippen MR) is 70.4 cm³/mol. The molecular weight excluding hydrogens is 286 g/mol. The number of nitrogens with one attached hydrogen (secondary N) is 1. The van der Waals surface area contributed by atoms with Crippen LogP contribution in [0.4, 0.5) is 0 Å². The Morgan fingerprint density at radius 3 is 2.71 bits per heavy atom. The van der Waals surface area contributed by atoms with Crippen molar-refractivity contribution < 1.29 is 14.9 Å². The lowest BCUT2D eigenvalue weighted by molar-refractivity contribution is 0.238. The molecule has 0 radical (unpaired) electrons. The van der Waals surface area contributed by atoms with Gasteiger partial charge >= 0.3 is 0 Å². The summed E-state index contributed by atoms with van der Waals surface area (Å²) < 4.78 is 5.87. The molecule has 0 aliphatic carbocycles. The fourth-order valence-corrected chi connectivity index (χ4v) is 1.95. The van der Waals surface area contributed by atoms with Crippen LogP contribution >= 0.6 is 15.9 Å². The summed E-state index contributed by atoms with van der Waals surface area (Å²) in [4.78, 5) is 0. The van der Waals surface area contributed by atoms with Crippen LogP contribution < -0.4 is 10.1 Å². The molecule has 5 heteroatoms. The normalized spacial score (nSPS) is 12.5. The Labute approximate surface area is 110 Å². The van der Waals surface area contributed by atoms with E-state index in [1.807, 2.05) is 6.92 Å². The first-order valence-corrected chi connectivity index (χ1v) is 6.31. The number of phenolic OH excluding ortho intramolecular Hbond substituents is 1. The lowest BCUT2D eigenvalue weighted by atomic mass is 10.1. The molecule has 0 amide bonds. The van der Waals surface area contributed by atoms with E-state index in [0.29, 0.717) is 12.3 Å². The quantitative estimate of drug-likeness (QED) is 0.752. The third-order valence-electron chi connectivity index (χ3n) is 2.64. The molecule has 0 saturated heterocycles. The number of methoxy groups -OCH3 is 1. The van der Waals surface area contributed by atoms with Gasteiger partial charge in [-0.25, -0.2) is 0 Å². The molecule has 0 spiro atoms. The largest absolute Gasteiger partial charge is 0.504 e. The maximum Gasteiger partial charge on any atom is 0.160 e. The van der Waals surface area contributed by atoms with Crippen LogP contribution in [0.5, 0.6) is 11.5 Å². The van der Waals surface area contributed by atoms with Gasteiger partial charge in [0.15, 0.2) is 11.5 Å². The van der Waals surface area contributed by atoms with E-state index in [1.165, 1.54) is 7.11 Å². The molecule has 1 rings (SSSR count). The van der Waals surface area contributed by atoms with Gasteiger partial charge in [0.2, 0.25) is 0 Å². The molecule has 0 fully saturated rings. The van der Waals surface area contributed by atoms with Gasteiger partial charge < -0.3 is 20.3 Å². The van der Waals surface area contributed by atoms with Gasteiger partial charge in [-0.3, -0.25) is 0 Å². The number of rotatable bonds is 6. The lowest BCUT2D eigenvalue weighted by Crippen LogP contribution is -2.31. The molecule has 96 valence electrons. The van der Waals surface area contributed by atoms with Crippen LogP contribution in [0.3, 0.4) is 0 Å². The molecule has 0 aliphatic heterocycles.